The summed E-state index contributed by atoms with van der Waals surface area (Å²) in [4.78, 5) is 12.5. The van der Waals surface area contributed by atoms with Gasteiger partial charge in [0.2, 0.25) is 5.91 Å². The number of unbranched alkanes of at least 4 members (excludes halogenated alkanes) is 34. The van der Waals surface area contributed by atoms with E-state index in [9.17, 15) is 20.1 Å². The van der Waals surface area contributed by atoms with Crippen LogP contribution in [0.25, 0.3) is 0 Å². The van der Waals surface area contributed by atoms with Crippen LogP contribution in [0.1, 0.15) is 264 Å². The lowest BCUT2D eigenvalue weighted by Gasteiger charge is -2.21. The molecule has 3 unspecified atom stereocenters. The van der Waals surface area contributed by atoms with Gasteiger partial charge in [-0.3, -0.25) is 4.79 Å². The number of aliphatic hydroxyl groups is 3. The lowest BCUT2D eigenvalue weighted by atomic mass is 10.0. The Balaban J connectivity index is 3.59. The molecule has 0 radical (unpaired) electrons. The van der Waals surface area contributed by atoms with Gasteiger partial charge in [-0.2, -0.15) is 0 Å². The molecule has 0 aromatic heterocycles. The fourth-order valence-corrected chi connectivity index (χ4v) is 7.69. The molecule has 55 heavy (non-hydrogen) atoms. The second kappa shape index (κ2) is 45.5. The second-order valence-corrected chi connectivity index (χ2v) is 17.1. The van der Waals surface area contributed by atoms with E-state index in [0.29, 0.717) is 6.42 Å². The Labute approximate surface area is 343 Å². The standard InChI is InChI=1S/C50H97NO4/c1-3-5-7-9-11-13-15-17-19-20-21-22-23-24-25-26-27-28-30-31-33-35-37-39-41-43-47(53)45-50(55)51-48(46-52)49(54)44-42-40-38-36-34-32-29-18-16-14-12-10-8-6-4-2/h24-25,42,44,47-49,52-54H,3-23,26-41,43,45-46H2,1-2H3,(H,51,55)/b25-24-,44-42+. The van der Waals surface area contributed by atoms with Gasteiger partial charge >= 0.3 is 0 Å². The monoisotopic (exact) mass is 776 g/mol. The molecule has 5 heteroatoms. The highest BCUT2D eigenvalue weighted by Gasteiger charge is 2.20. The van der Waals surface area contributed by atoms with Crippen LogP contribution >= 0.6 is 0 Å². The first kappa shape index (κ1) is 53.8. The number of aliphatic hydroxyl groups excluding tert-OH is 3. The number of allylic oxidation sites excluding steroid dienone is 3. The van der Waals surface area contributed by atoms with Gasteiger partial charge in [0.25, 0.3) is 0 Å². The van der Waals surface area contributed by atoms with Crippen LogP contribution in [-0.2, 0) is 4.79 Å². The van der Waals surface area contributed by atoms with Crippen molar-refractivity contribution in [1.82, 2.24) is 5.32 Å². The normalized spacial score (nSPS) is 13.6. The Morgan fingerprint density at radius 2 is 0.764 bits per heavy atom. The van der Waals surface area contributed by atoms with Gasteiger partial charge in [0.1, 0.15) is 0 Å². The Morgan fingerprint density at radius 3 is 1.11 bits per heavy atom. The van der Waals surface area contributed by atoms with Crippen LogP contribution < -0.4 is 5.32 Å². The third-order valence-electron chi connectivity index (χ3n) is 11.5. The van der Waals surface area contributed by atoms with Crippen LogP contribution in [0, 0.1) is 0 Å². The zero-order valence-electron chi connectivity index (χ0n) is 37.1. The summed E-state index contributed by atoms with van der Waals surface area (Å²) in [7, 11) is 0. The second-order valence-electron chi connectivity index (χ2n) is 17.1. The minimum Gasteiger partial charge on any atom is -0.394 e. The fourth-order valence-electron chi connectivity index (χ4n) is 7.69. The molecule has 5 nitrogen and oxygen atoms in total. The molecule has 326 valence electrons. The van der Waals surface area contributed by atoms with E-state index in [-0.39, 0.29) is 18.9 Å². The molecule has 0 spiro atoms. The lowest BCUT2D eigenvalue weighted by molar-refractivity contribution is -0.124. The molecule has 0 aliphatic carbocycles. The Bertz CT molecular complexity index is 814. The van der Waals surface area contributed by atoms with Gasteiger partial charge in [0.15, 0.2) is 0 Å². The maximum Gasteiger partial charge on any atom is 0.222 e. The van der Waals surface area contributed by atoms with Gasteiger partial charge < -0.3 is 20.6 Å². The smallest absolute Gasteiger partial charge is 0.222 e. The predicted octanol–water partition coefficient (Wildman–Crippen LogP) is 14.6. The van der Waals surface area contributed by atoms with Crippen molar-refractivity contribution in [2.24, 2.45) is 0 Å². The molecular formula is C50H97NO4. The summed E-state index contributed by atoms with van der Waals surface area (Å²) in [5, 5.41) is 33.3. The maximum atomic E-state index is 12.5. The summed E-state index contributed by atoms with van der Waals surface area (Å²) >= 11 is 0. The minimum absolute atomic E-state index is 0.0144. The highest BCUT2D eigenvalue weighted by atomic mass is 16.3. The van der Waals surface area contributed by atoms with Crippen molar-refractivity contribution in [2.45, 2.75) is 283 Å². The number of carbonyl (C=O) groups excluding carboxylic acids is 1. The van der Waals surface area contributed by atoms with E-state index in [4.69, 9.17) is 0 Å². The topological polar surface area (TPSA) is 89.8 Å². The Hall–Kier alpha value is -1.17. The van der Waals surface area contributed by atoms with Gasteiger partial charge in [-0.25, -0.2) is 0 Å². The molecule has 0 saturated heterocycles. The van der Waals surface area contributed by atoms with E-state index >= 15 is 0 Å². The Kier molecular flexibility index (Phi) is 44.6. The zero-order valence-corrected chi connectivity index (χ0v) is 37.1. The van der Waals surface area contributed by atoms with Crippen molar-refractivity contribution < 1.29 is 20.1 Å². The van der Waals surface area contributed by atoms with E-state index in [1.807, 2.05) is 6.08 Å². The number of carbonyl (C=O) groups is 1. The summed E-state index contributed by atoms with van der Waals surface area (Å²) in [6, 6.07) is -0.743. The predicted molar refractivity (Wildman–Crippen MR) is 241 cm³/mol. The molecule has 3 atom stereocenters. The summed E-state index contributed by atoms with van der Waals surface area (Å²) < 4.78 is 0. The van der Waals surface area contributed by atoms with Crippen molar-refractivity contribution in [1.29, 1.82) is 0 Å². The van der Waals surface area contributed by atoms with Gasteiger partial charge in [-0.15, -0.1) is 0 Å². The molecule has 0 saturated carbocycles. The maximum absolute atomic E-state index is 12.5. The average molecular weight is 776 g/mol. The third-order valence-corrected chi connectivity index (χ3v) is 11.5. The van der Waals surface area contributed by atoms with E-state index < -0.39 is 18.2 Å². The highest BCUT2D eigenvalue weighted by molar-refractivity contribution is 5.76. The Morgan fingerprint density at radius 1 is 0.455 bits per heavy atom. The van der Waals surface area contributed by atoms with Crippen molar-refractivity contribution in [2.75, 3.05) is 6.61 Å². The van der Waals surface area contributed by atoms with Gasteiger partial charge in [-0.1, -0.05) is 237 Å². The van der Waals surface area contributed by atoms with E-state index in [0.717, 1.165) is 25.7 Å². The van der Waals surface area contributed by atoms with Crippen LogP contribution in [0.3, 0.4) is 0 Å². The largest absolute Gasteiger partial charge is 0.394 e. The molecule has 4 N–H and O–H groups in total. The van der Waals surface area contributed by atoms with Crippen LogP contribution in [0.5, 0.6) is 0 Å². The molecule has 0 heterocycles. The molecular weight excluding hydrogens is 679 g/mol. The SMILES string of the molecule is CCCCCCCCCCCCCC/C=C\CCCCCCCCCCCC(O)CC(=O)NC(CO)C(O)/C=C/CCCCCCCCCCCCCCC. The molecule has 0 aliphatic heterocycles. The summed E-state index contributed by atoms with van der Waals surface area (Å²) in [6.07, 6.45) is 56.2. The quantitative estimate of drug-likeness (QED) is 0.0366. The fraction of sp³-hybridized carbons (Fsp3) is 0.900. The molecule has 0 bridgehead atoms. The van der Waals surface area contributed by atoms with Gasteiger partial charge in [-0.05, 0) is 44.9 Å². The summed E-state index contributed by atoms with van der Waals surface area (Å²) in [5.41, 5.74) is 0. The van der Waals surface area contributed by atoms with Crippen molar-refractivity contribution in [3.8, 4) is 0 Å². The average Bonchev–Trinajstić information content (AvgIpc) is 3.18. The van der Waals surface area contributed by atoms with E-state index in [2.05, 4.69) is 31.3 Å². The van der Waals surface area contributed by atoms with Crippen LogP contribution in [0.15, 0.2) is 24.3 Å². The first-order chi connectivity index (χ1) is 27.0. The number of amides is 1. The number of hydrogen-bond donors (Lipinski definition) is 4. The number of nitrogens with one attached hydrogen (secondary N) is 1. The van der Waals surface area contributed by atoms with Crippen LogP contribution in [0.2, 0.25) is 0 Å². The van der Waals surface area contributed by atoms with E-state index in [1.54, 1.807) is 6.08 Å². The molecule has 0 fully saturated rings. The van der Waals surface area contributed by atoms with Crippen molar-refractivity contribution >= 4 is 5.91 Å². The first-order valence-electron chi connectivity index (χ1n) is 24.6. The zero-order chi connectivity index (χ0) is 40.1. The lowest BCUT2D eigenvalue weighted by Crippen LogP contribution is -2.45. The van der Waals surface area contributed by atoms with Crippen LogP contribution in [0.4, 0.5) is 0 Å². The van der Waals surface area contributed by atoms with Gasteiger partial charge in [0.05, 0.1) is 31.3 Å². The molecule has 0 aliphatic rings. The molecule has 0 aromatic rings. The molecule has 0 aromatic carbocycles. The van der Waals surface area contributed by atoms with Gasteiger partial charge in [0, 0.05) is 0 Å². The summed E-state index contributed by atoms with van der Waals surface area (Å²) in [5.74, 6) is -0.314. The van der Waals surface area contributed by atoms with Crippen molar-refractivity contribution in [3.05, 3.63) is 24.3 Å². The third kappa shape index (κ3) is 42.3. The first-order valence-corrected chi connectivity index (χ1v) is 24.6. The number of hydrogen-bond acceptors (Lipinski definition) is 4. The van der Waals surface area contributed by atoms with Crippen molar-refractivity contribution in [3.63, 3.8) is 0 Å². The van der Waals surface area contributed by atoms with E-state index in [1.165, 1.54) is 212 Å². The molecule has 0 rings (SSSR count). The van der Waals surface area contributed by atoms with Crippen LogP contribution in [-0.4, -0.2) is 46.1 Å². The highest BCUT2D eigenvalue weighted by Crippen LogP contribution is 2.16. The molecule has 1 amide bonds. The minimum atomic E-state index is -0.927. The number of rotatable bonds is 45. The summed E-state index contributed by atoms with van der Waals surface area (Å²) in [6.45, 7) is 4.23.